The summed E-state index contributed by atoms with van der Waals surface area (Å²) in [6, 6.07) is 15.7. The Bertz CT molecular complexity index is 967. The molecule has 0 atom stereocenters. The van der Waals surface area contributed by atoms with E-state index < -0.39 is 5.97 Å². The molecule has 0 saturated heterocycles. The molecule has 0 saturated carbocycles. The number of rotatable bonds is 7. The summed E-state index contributed by atoms with van der Waals surface area (Å²) in [6.07, 6.45) is 1.92. The van der Waals surface area contributed by atoms with Crippen LogP contribution in [-0.4, -0.2) is 28.8 Å². The first-order valence-corrected chi connectivity index (χ1v) is 9.98. The summed E-state index contributed by atoms with van der Waals surface area (Å²) in [5.41, 5.74) is 1.61. The van der Waals surface area contributed by atoms with Crippen molar-refractivity contribution in [1.29, 1.82) is 0 Å². The van der Waals surface area contributed by atoms with Crippen molar-refractivity contribution in [2.24, 2.45) is 0 Å². The maximum absolute atomic E-state index is 12.0. The zero-order valence-corrected chi connectivity index (χ0v) is 16.9. The molecule has 0 spiro atoms. The van der Waals surface area contributed by atoms with Gasteiger partial charge in [0, 0.05) is 28.5 Å². The van der Waals surface area contributed by atoms with E-state index in [1.807, 2.05) is 25.3 Å². The van der Waals surface area contributed by atoms with Crippen molar-refractivity contribution < 1.29 is 14.3 Å². The maximum atomic E-state index is 12.0. The van der Waals surface area contributed by atoms with Gasteiger partial charge in [0.25, 0.3) is 0 Å². The molecule has 0 radical (unpaired) electrons. The number of anilines is 2. The summed E-state index contributed by atoms with van der Waals surface area (Å²) in [5, 5.41) is 4.48. The lowest BCUT2D eigenvalue weighted by Gasteiger charge is -2.10. The van der Waals surface area contributed by atoms with E-state index in [0.717, 1.165) is 11.4 Å². The van der Waals surface area contributed by atoms with E-state index >= 15 is 0 Å². The van der Waals surface area contributed by atoms with E-state index in [4.69, 9.17) is 21.1 Å². The van der Waals surface area contributed by atoms with E-state index in [9.17, 15) is 4.79 Å². The Morgan fingerprint density at radius 1 is 1.11 bits per heavy atom. The van der Waals surface area contributed by atoms with Crippen LogP contribution in [0.15, 0.2) is 59.8 Å². The second-order valence-corrected chi connectivity index (χ2v) is 6.96. The predicted molar refractivity (Wildman–Crippen MR) is 111 cm³/mol. The number of carbonyl (C=O) groups excluding carboxylic acids is 1. The Kier molecular flexibility index (Phi) is 6.73. The molecule has 0 aliphatic carbocycles. The fourth-order valence-electron chi connectivity index (χ4n) is 2.32. The van der Waals surface area contributed by atoms with Crippen molar-refractivity contribution in [2.75, 3.05) is 18.2 Å². The van der Waals surface area contributed by atoms with Crippen molar-refractivity contribution in [2.45, 2.75) is 12.1 Å². The van der Waals surface area contributed by atoms with Gasteiger partial charge in [-0.15, -0.1) is 0 Å². The van der Waals surface area contributed by atoms with E-state index in [-0.39, 0.29) is 6.61 Å². The van der Waals surface area contributed by atoms with Crippen molar-refractivity contribution in [1.82, 2.24) is 9.97 Å². The second kappa shape index (κ2) is 9.43. The highest BCUT2D eigenvalue weighted by atomic mass is 35.5. The molecule has 144 valence electrons. The standard InChI is InChI=1S/C20H18ClN3O3S/c1-13-10-18(24-20(22-13)28-2)23-15-4-3-5-17(11-15)27-19(25)12-26-16-8-6-14(21)7-9-16/h3-11H,12H2,1-2H3,(H,22,23,24). The summed E-state index contributed by atoms with van der Waals surface area (Å²) in [5.74, 6) is 1.12. The maximum Gasteiger partial charge on any atom is 0.349 e. The quantitative estimate of drug-likeness (QED) is 0.255. The predicted octanol–water partition coefficient (Wildman–Crippen LogP) is 4.89. The number of nitrogens with one attached hydrogen (secondary N) is 1. The molecule has 0 aliphatic rings. The molecule has 28 heavy (non-hydrogen) atoms. The summed E-state index contributed by atoms with van der Waals surface area (Å²) in [7, 11) is 0. The minimum atomic E-state index is -0.505. The van der Waals surface area contributed by atoms with Gasteiger partial charge in [-0.2, -0.15) is 0 Å². The van der Waals surface area contributed by atoms with E-state index in [0.29, 0.717) is 27.5 Å². The Morgan fingerprint density at radius 3 is 2.64 bits per heavy atom. The van der Waals surface area contributed by atoms with E-state index in [1.54, 1.807) is 42.5 Å². The number of esters is 1. The summed E-state index contributed by atoms with van der Waals surface area (Å²) in [6.45, 7) is 1.70. The molecule has 0 amide bonds. The lowest BCUT2D eigenvalue weighted by molar-refractivity contribution is -0.136. The van der Waals surface area contributed by atoms with Gasteiger partial charge in [-0.1, -0.05) is 29.4 Å². The first kappa shape index (κ1) is 20.0. The van der Waals surface area contributed by atoms with Crippen molar-refractivity contribution in [3.63, 3.8) is 0 Å². The highest BCUT2D eigenvalue weighted by Gasteiger charge is 2.08. The third-order valence-corrected chi connectivity index (χ3v) is 4.32. The van der Waals surface area contributed by atoms with Gasteiger partial charge < -0.3 is 14.8 Å². The number of carbonyl (C=O) groups is 1. The van der Waals surface area contributed by atoms with Gasteiger partial charge in [0.15, 0.2) is 11.8 Å². The molecule has 0 bridgehead atoms. The number of hydrogen-bond acceptors (Lipinski definition) is 7. The zero-order chi connectivity index (χ0) is 19.9. The molecule has 2 aromatic carbocycles. The molecule has 0 fully saturated rings. The van der Waals surface area contributed by atoms with Crippen LogP contribution in [0.25, 0.3) is 0 Å². The molecule has 8 heteroatoms. The lowest BCUT2D eigenvalue weighted by atomic mass is 10.3. The number of ether oxygens (including phenoxy) is 2. The molecule has 3 aromatic rings. The minimum absolute atomic E-state index is 0.207. The molecule has 1 N–H and O–H groups in total. The summed E-state index contributed by atoms with van der Waals surface area (Å²) >= 11 is 7.29. The molecule has 0 aliphatic heterocycles. The van der Waals surface area contributed by atoms with Gasteiger partial charge >= 0.3 is 5.97 Å². The number of halogens is 1. The van der Waals surface area contributed by atoms with Crippen LogP contribution in [0.4, 0.5) is 11.5 Å². The van der Waals surface area contributed by atoms with Gasteiger partial charge in [0.1, 0.15) is 17.3 Å². The van der Waals surface area contributed by atoms with Crippen molar-refractivity contribution in [3.05, 3.63) is 65.3 Å². The molecule has 3 rings (SSSR count). The number of hydrogen-bond donors (Lipinski definition) is 1. The Labute approximate surface area is 172 Å². The van der Waals surface area contributed by atoms with E-state index in [2.05, 4.69) is 15.3 Å². The van der Waals surface area contributed by atoms with Crippen LogP contribution in [0.1, 0.15) is 5.69 Å². The van der Waals surface area contributed by atoms with Gasteiger partial charge in [-0.25, -0.2) is 14.8 Å². The Balaban J connectivity index is 1.60. The van der Waals surface area contributed by atoms with Crippen LogP contribution in [0.5, 0.6) is 11.5 Å². The molecule has 1 heterocycles. The normalized spacial score (nSPS) is 10.4. The average Bonchev–Trinajstić information content (AvgIpc) is 2.67. The van der Waals surface area contributed by atoms with Crippen LogP contribution in [0, 0.1) is 6.92 Å². The summed E-state index contributed by atoms with van der Waals surface area (Å²) < 4.78 is 10.7. The van der Waals surface area contributed by atoms with Gasteiger partial charge in [-0.3, -0.25) is 0 Å². The van der Waals surface area contributed by atoms with E-state index in [1.165, 1.54) is 11.8 Å². The number of thioether (sulfide) groups is 1. The smallest absolute Gasteiger partial charge is 0.349 e. The lowest BCUT2D eigenvalue weighted by Crippen LogP contribution is -2.17. The highest BCUT2D eigenvalue weighted by molar-refractivity contribution is 7.98. The van der Waals surface area contributed by atoms with Gasteiger partial charge in [-0.05, 0) is 49.6 Å². The number of nitrogens with zero attached hydrogens (tertiary/aromatic N) is 2. The Hall–Kier alpha value is -2.77. The van der Waals surface area contributed by atoms with Gasteiger partial charge in [0.2, 0.25) is 0 Å². The number of aromatic nitrogens is 2. The largest absolute Gasteiger partial charge is 0.482 e. The minimum Gasteiger partial charge on any atom is -0.482 e. The molecular formula is C20H18ClN3O3S. The first-order valence-electron chi connectivity index (χ1n) is 8.37. The molecule has 0 unspecified atom stereocenters. The fourth-order valence-corrected chi connectivity index (χ4v) is 2.87. The first-order chi connectivity index (χ1) is 13.5. The van der Waals surface area contributed by atoms with Gasteiger partial charge in [0.05, 0.1) is 0 Å². The van der Waals surface area contributed by atoms with Crippen LogP contribution in [0.2, 0.25) is 5.02 Å². The SMILES string of the molecule is CSc1nc(C)cc(Nc2cccc(OC(=O)COc3ccc(Cl)cc3)c2)n1. The molecule has 1 aromatic heterocycles. The fraction of sp³-hybridized carbons (Fsp3) is 0.150. The Morgan fingerprint density at radius 2 is 1.89 bits per heavy atom. The summed E-state index contributed by atoms with van der Waals surface area (Å²) in [4.78, 5) is 20.8. The van der Waals surface area contributed by atoms with Crippen molar-refractivity contribution in [3.8, 4) is 11.5 Å². The highest BCUT2D eigenvalue weighted by Crippen LogP contribution is 2.22. The monoisotopic (exact) mass is 415 g/mol. The number of aryl methyl sites for hydroxylation is 1. The topological polar surface area (TPSA) is 73.3 Å². The van der Waals surface area contributed by atoms with Crippen LogP contribution < -0.4 is 14.8 Å². The van der Waals surface area contributed by atoms with Crippen LogP contribution >= 0.6 is 23.4 Å². The molecule has 6 nitrogen and oxygen atoms in total. The zero-order valence-electron chi connectivity index (χ0n) is 15.3. The van der Waals surface area contributed by atoms with Crippen LogP contribution in [0.3, 0.4) is 0 Å². The second-order valence-electron chi connectivity index (χ2n) is 5.75. The number of benzene rings is 2. The third kappa shape index (κ3) is 5.87. The van der Waals surface area contributed by atoms with Crippen LogP contribution in [-0.2, 0) is 4.79 Å². The average molecular weight is 416 g/mol. The van der Waals surface area contributed by atoms with Crippen molar-refractivity contribution >= 4 is 40.8 Å². The molecular weight excluding hydrogens is 398 g/mol. The third-order valence-electron chi connectivity index (χ3n) is 3.52.